The predicted octanol–water partition coefficient (Wildman–Crippen LogP) is 3.78. The third-order valence-corrected chi connectivity index (χ3v) is 3.39. The van der Waals surface area contributed by atoms with Gasteiger partial charge in [-0.25, -0.2) is 4.79 Å². The largest absolute Gasteiger partial charge is 0.508 e. The van der Waals surface area contributed by atoms with Crippen LogP contribution in [0.25, 0.3) is 22.1 Å². The van der Waals surface area contributed by atoms with Crippen LogP contribution in [0.1, 0.15) is 11.1 Å². The molecule has 0 bridgehead atoms. The molecule has 3 aromatic rings. The summed E-state index contributed by atoms with van der Waals surface area (Å²) in [5.41, 5.74) is 3.61. The Morgan fingerprint density at radius 2 is 1.75 bits per heavy atom. The summed E-state index contributed by atoms with van der Waals surface area (Å²) in [7, 11) is 0. The second kappa shape index (κ2) is 4.53. The summed E-state index contributed by atoms with van der Waals surface area (Å²) in [5, 5.41) is 10.2. The second-order valence-electron chi connectivity index (χ2n) is 4.99. The standard InChI is InChI=1S/C17H14O3/c1-10-3-6-14(11(2)7-10)15-8-12-4-5-13(18)9-16(12)20-17(15)19/h3-9,18H,1-2H3. The summed E-state index contributed by atoms with van der Waals surface area (Å²) in [5.74, 6) is 0.0833. The van der Waals surface area contributed by atoms with Gasteiger partial charge in [0.15, 0.2) is 0 Å². The van der Waals surface area contributed by atoms with Crippen LogP contribution in [-0.4, -0.2) is 5.11 Å². The molecule has 0 radical (unpaired) electrons. The molecular formula is C17H14O3. The van der Waals surface area contributed by atoms with E-state index < -0.39 is 5.63 Å². The molecule has 20 heavy (non-hydrogen) atoms. The molecule has 3 nitrogen and oxygen atoms in total. The first kappa shape index (κ1) is 12.5. The third kappa shape index (κ3) is 2.07. The Morgan fingerprint density at radius 3 is 2.50 bits per heavy atom. The van der Waals surface area contributed by atoms with E-state index in [2.05, 4.69) is 0 Å². The van der Waals surface area contributed by atoms with Crippen LogP contribution in [0.15, 0.2) is 51.7 Å². The lowest BCUT2D eigenvalue weighted by Gasteiger charge is -2.07. The zero-order chi connectivity index (χ0) is 14.3. The summed E-state index contributed by atoms with van der Waals surface area (Å²) in [6.45, 7) is 3.99. The van der Waals surface area contributed by atoms with Crippen molar-refractivity contribution in [2.24, 2.45) is 0 Å². The fourth-order valence-corrected chi connectivity index (χ4v) is 2.40. The number of phenols is 1. The number of aryl methyl sites for hydroxylation is 2. The fraction of sp³-hybridized carbons (Fsp3) is 0.118. The van der Waals surface area contributed by atoms with Crippen LogP contribution in [0.2, 0.25) is 0 Å². The van der Waals surface area contributed by atoms with Crippen LogP contribution in [0.4, 0.5) is 0 Å². The van der Waals surface area contributed by atoms with Gasteiger partial charge in [0.2, 0.25) is 0 Å². The Bertz CT molecular complexity index is 860. The number of fused-ring (bicyclic) bond motifs is 1. The Hall–Kier alpha value is -2.55. The van der Waals surface area contributed by atoms with E-state index in [-0.39, 0.29) is 5.75 Å². The van der Waals surface area contributed by atoms with E-state index in [0.29, 0.717) is 11.1 Å². The van der Waals surface area contributed by atoms with Crippen molar-refractivity contribution in [2.45, 2.75) is 13.8 Å². The maximum atomic E-state index is 12.1. The molecule has 0 aliphatic carbocycles. The van der Waals surface area contributed by atoms with Gasteiger partial charge in [-0.15, -0.1) is 0 Å². The highest BCUT2D eigenvalue weighted by Gasteiger charge is 2.10. The Morgan fingerprint density at radius 1 is 0.950 bits per heavy atom. The summed E-state index contributed by atoms with van der Waals surface area (Å²) in [6, 6.07) is 12.5. The quantitative estimate of drug-likeness (QED) is 0.682. The van der Waals surface area contributed by atoms with Gasteiger partial charge in [-0.1, -0.05) is 23.8 Å². The van der Waals surface area contributed by atoms with Crippen LogP contribution < -0.4 is 5.63 Å². The number of phenolic OH excluding ortho intramolecular Hbond substituents is 1. The topological polar surface area (TPSA) is 50.4 Å². The van der Waals surface area contributed by atoms with Crippen LogP contribution in [0, 0.1) is 13.8 Å². The number of hydrogen-bond acceptors (Lipinski definition) is 3. The highest BCUT2D eigenvalue weighted by molar-refractivity contribution is 5.83. The first-order chi connectivity index (χ1) is 9.54. The van der Waals surface area contributed by atoms with Gasteiger partial charge in [-0.2, -0.15) is 0 Å². The van der Waals surface area contributed by atoms with Gasteiger partial charge in [-0.3, -0.25) is 0 Å². The van der Waals surface area contributed by atoms with Crippen LogP contribution >= 0.6 is 0 Å². The molecule has 0 saturated heterocycles. The van der Waals surface area contributed by atoms with E-state index in [1.165, 1.54) is 6.07 Å². The first-order valence-corrected chi connectivity index (χ1v) is 6.39. The molecule has 3 rings (SSSR count). The molecule has 0 amide bonds. The van der Waals surface area contributed by atoms with Crippen molar-refractivity contribution in [3.63, 3.8) is 0 Å². The molecule has 0 aliphatic heterocycles. The SMILES string of the molecule is Cc1ccc(-c2cc3ccc(O)cc3oc2=O)c(C)c1. The summed E-state index contributed by atoms with van der Waals surface area (Å²) < 4.78 is 5.30. The van der Waals surface area contributed by atoms with Crippen LogP contribution in [0.5, 0.6) is 5.75 Å². The van der Waals surface area contributed by atoms with Gasteiger partial charge in [0, 0.05) is 11.5 Å². The third-order valence-electron chi connectivity index (χ3n) is 3.39. The minimum Gasteiger partial charge on any atom is -0.508 e. The summed E-state index contributed by atoms with van der Waals surface area (Å²) in [4.78, 5) is 12.1. The predicted molar refractivity (Wildman–Crippen MR) is 79.1 cm³/mol. The number of benzene rings is 2. The number of rotatable bonds is 1. The monoisotopic (exact) mass is 266 g/mol. The van der Waals surface area contributed by atoms with Crippen molar-refractivity contribution >= 4 is 11.0 Å². The Balaban J connectivity index is 2.28. The molecule has 0 aliphatic rings. The molecule has 0 atom stereocenters. The van der Waals surface area contributed by atoms with Gasteiger partial charge in [0.25, 0.3) is 0 Å². The summed E-state index contributed by atoms with van der Waals surface area (Å²) >= 11 is 0. The van der Waals surface area contributed by atoms with E-state index in [4.69, 9.17) is 4.42 Å². The normalized spacial score (nSPS) is 10.9. The molecule has 2 aromatic carbocycles. The second-order valence-corrected chi connectivity index (χ2v) is 4.99. The van der Waals surface area contributed by atoms with Gasteiger partial charge >= 0.3 is 5.63 Å². The van der Waals surface area contributed by atoms with Crippen molar-refractivity contribution in [1.29, 1.82) is 0 Å². The molecule has 100 valence electrons. The van der Waals surface area contributed by atoms with E-state index in [1.54, 1.807) is 18.2 Å². The molecule has 1 aromatic heterocycles. The van der Waals surface area contributed by atoms with E-state index >= 15 is 0 Å². The van der Waals surface area contributed by atoms with Crippen molar-refractivity contribution < 1.29 is 9.52 Å². The van der Waals surface area contributed by atoms with Crippen molar-refractivity contribution in [3.05, 3.63) is 64.0 Å². The van der Waals surface area contributed by atoms with Crippen molar-refractivity contribution in [3.8, 4) is 16.9 Å². The van der Waals surface area contributed by atoms with Crippen molar-refractivity contribution in [1.82, 2.24) is 0 Å². The minimum atomic E-state index is -0.393. The molecule has 0 saturated carbocycles. The molecular weight excluding hydrogens is 252 g/mol. The molecule has 3 heteroatoms. The smallest absolute Gasteiger partial charge is 0.344 e. The van der Waals surface area contributed by atoms with Crippen LogP contribution in [-0.2, 0) is 0 Å². The first-order valence-electron chi connectivity index (χ1n) is 6.39. The number of hydrogen-bond donors (Lipinski definition) is 1. The fourth-order valence-electron chi connectivity index (χ4n) is 2.40. The average molecular weight is 266 g/mol. The zero-order valence-electron chi connectivity index (χ0n) is 11.3. The van der Waals surface area contributed by atoms with E-state index in [1.807, 2.05) is 32.0 Å². The highest BCUT2D eigenvalue weighted by Crippen LogP contribution is 2.26. The average Bonchev–Trinajstić information content (AvgIpc) is 2.38. The van der Waals surface area contributed by atoms with Gasteiger partial charge in [0.05, 0.1) is 5.56 Å². The molecule has 0 unspecified atom stereocenters. The van der Waals surface area contributed by atoms with Crippen molar-refractivity contribution in [2.75, 3.05) is 0 Å². The van der Waals surface area contributed by atoms with E-state index in [0.717, 1.165) is 22.1 Å². The summed E-state index contributed by atoms with van der Waals surface area (Å²) in [6.07, 6.45) is 0. The maximum Gasteiger partial charge on any atom is 0.344 e. The lowest BCUT2D eigenvalue weighted by molar-refractivity contribution is 0.473. The molecule has 1 N–H and O–H groups in total. The van der Waals surface area contributed by atoms with Crippen LogP contribution in [0.3, 0.4) is 0 Å². The molecule has 0 spiro atoms. The Kier molecular flexibility index (Phi) is 2.83. The van der Waals surface area contributed by atoms with Gasteiger partial charge < -0.3 is 9.52 Å². The zero-order valence-corrected chi connectivity index (χ0v) is 11.3. The minimum absolute atomic E-state index is 0.0833. The van der Waals surface area contributed by atoms with Gasteiger partial charge in [-0.05, 0) is 43.2 Å². The highest BCUT2D eigenvalue weighted by atomic mass is 16.4. The van der Waals surface area contributed by atoms with E-state index in [9.17, 15) is 9.90 Å². The molecule has 0 fully saturated rings. The maximum absolute atomic E-state index is 12.1. The lowest BCUT2D eigenvalue weighted by Crippen LogP contribution is -2.03. The Labute approximate surface area is 116 Å². The van der Waals surface area contributed by atoms with Gasteiger partial charge in [0.1, 0.15) is 11.3 Å². The lowest BCUT2D eigenvalue weighted by atomic mass is 9.99. The number of aromatic hydroxyl groups is 1. The molecule has 1 heterocycles.